The second-order valence-corrected chi connectivity index (χ2v) is 3.55. The molecule has 0 aliphatic rings. The average molecular weight is 178 g/mol. The van der Waals surface area contributed by atoms with Crippen molar-refractivity contribution in [3.8, 4) is 0 Å². The molecule has 5 heteroatoms. The van der Waals surface area contributed by atoms with E-state index in [-0.39, 0.29) is 6.42 Å². The lowest BCUT2D eigenvalue weighted by Gasteiger charge is -1.95. The van der Waals surface area contributed by atoms with Gasteiger partial charge in [0, 0.05) is 0 Å². The van der Waals surface area contributed by atoms with Crippen LogP contribution in [0.4, 0.5) is 0 Å². The van der Waals surface area contributed by atoms with E-state index in [2.05, 4.69) is 0 Å². The summed E-state index contributed by atoms with van der Waals surface area (Å²) in [7, 11) is -4.29. The van der Waals surface area contributed by atoms with Crippen molar-refractivity contribution in [1.82, 2.24) is 0 Å². The van der Waals surface area contributed by atoms with E-state index in [0.29, 0.717) is 6.42 Å². The Bertz CT molecular complexity index is 258. The van der Waals surface area contributed by atoms with E-state index in [4.69, 9.17) is 4.55 Å². The summed E-state index contributed by atoms with van der Waals surface area (Å²) in [6.45, 7) is 1.85. The molecule has 0 radical (unpaired) electrons. The first kappa shape index (κ1) is 10.4. The summed E-state index contributed by atoms with van der Waals surface area (Å²) < 4.78 is 29.0. The molecule has 0 heterocycles. The van der Waals surface area contributed by atoms with E-state index < -0.39 is 15.0 Å². The van der Waals surface area contributed by atoms with Crippen LogP contribution < -0.4 is 0 Å². The summed E-state index contributed by atoms with van der Waals surface area (Å²) in [6, 6.07) is 0. The van der Waals surface area contributed by atoms with Crippen LogP contribution in [0, 0.1) is 0 Å². The van der Waals surface area contributed by atoms with Crippen molar-refractivity contribution in [3.63, 3.8) is 0 Å². The van der Waals surface area contributed by atoms with Crippen LogP contribution in [0.15, 0.2) is 4.91 Å². The Hall–Kier alpha value is -0.640. The lowest BCUT2D eigenvalue weighted by molar-refractivity contribution is 0.488. The van der Waals surface area contributed by atoms with Crippen molar-refractivity contribution in [3.05, 3.63) is 4.91 Å². The lowest BCUT2D eigenvalue weighted by atomic mass is 10.2. The standard InChI is InChI=1S/C6H10O4S/c1-2-3-4-6(5-7)11(8,9)10/h2-4H2,1H3,(H,8,9,10). The molecule has 0 atom stereocenters. The lowest BCUT2D eigenvalue weighted by Crippen LogP contribution is -2.02. The molecule has 0 aromatic carbocycles. The third kappa shape index (κ3) is 3.93. The third-order valence-electron chi connectivity index (χ3n) is 1.18. The molecule has 0 saturated carbocycles. The van der Waals surface area contributed by atoms with Gasteiger partial charge in [0.05, 0.1) is 0 Å². The molecule has 0 spiro atoms. The van der Waals surface area contributed by atoms with Crippen LogP contribution >= 0.6 is 0 Å². The van der Waals surface area contributed by atoms with Gasteiger partial charge >= 0.3 is 10.1 Å². The molecule has 11 heavy (non-hydrogen) atoms. The maximum atomic E-state index is 10.3. The van der Waals surface area contributed by atoms with Crippen molar-refractivity contribution in [1.29, 1.82) is 0 Å². The molecule has 0 aliphatic heterocycles. The quantitative estimate of drug-likeness (QED) is 0.510. The minimum absolute atomic E-state index is 0.0683. The maximum Gasteiger partial charge on any atom is 0.301 e. The van der Waals surface area contributed by atoms with Gasteiger partial charge in [0.25, 0.3) is 0 Å². The number of rotatable bonds is 4. The summed E-state index contributed by atoms with van der Waals surface area (Å²) in [6.07, 6.45) is 1.39. The van der Waals surface area contributed by atoms with Gasteiger partial charge in [-0.1, -0.05) is 13.3 Å². The molecule has 0 aromatic heterocycles. The smallest absolute Gasteiger partial charge is 0.281 e. The topological polar surface area (TPSA) is 71.4 Å². The van der Waals surface area contributed by atoms with E-state index in [0.717, 1.165) is 6.42 Å². The largest absolute Gasteiger partial charge is 0.301 e. The van der Waals surface area contributed by atoms with Crippen molar-refractivity contribution in [2.45, 2.75) is 26.2 Å². The number of hydrogen-bond donors (Lipinski definition) is 1. The highest BCUT2D eigenvalue weighted by molar-refractivity contribution is 7.90. The summed E-state index contributed by atoms with van der Waals surface area (Å²) in [5.74, 6) is 1.21. The van der Waals surface area contributed by atoms with Crippen LogP contribution in [0.2, 0.25) is 0 Å². The van der Waals surface area contributed by atoms with Crippen molar-refractivity contribution >= 4 is 16.1 Å². The fourth-order valence-electron chi connectivity index (χ4n) is 0.570. The Kier molecular flexibility index (Phi) is 4.03. The number of allylic oxidation sites excluding steroid dienone is 1. The van der Waals surface area contributed by atoms with Crippen molar-refractivity contribution in [2.75, 3.05) is 0 Å². The van der Waals surface area contributed by atoms with Crippen LogP contribution in [0.1, 0.15) is 26.2 Å². The second kappa shape index (κ2) is 4.28. The van der Waals surface area contributed by atoms with Gasteiger partial charge in [-0.25, -0.2) is 4.79 Å². The highest BCUT2D eigenvalue weighted by atomic mass is 32.2. The molecule has 1 N–H and O–H groups in total. The Balaban J connectivity index is 4.36. The Morgan fingerprint density at radius 1 is 1.55 bits per heavy atom. The Morgan fingerprint density at radius 3 is 2.36 bits per heavy atom. The fraction of sp³-hybridized carbons (Fsp3) is 0.667. The normalized spacial score (nSPS) is 10.7. The van der Waals surface area contributed by atoms with Gasteiger partial charge in [-0.3, -0.25) is 4.55 Å². The van der Waals surface area contributed by atoms with Gasteiger partial charge in [-0.05, 0) is 12.8 Å². The first-order valence-electron chi connectivity index (χ1n) is 3.23. The second-order valence-electron chi connectivity index (χ2n) is 2.10. The Morgan fingerprint density at radius 2 is 2.09 bits per heavy atom. The van der Waals surface area contributed by atoms with E-state index in [9.17, 15) is 13.2 Å². The van der Waals surface area contributed by atoms with Crippen molar-refractivity contribution in [2.24, 2.45) is 0 Å². The van der Waals surface area contributed by atoms with Gasteiger partial charge in [-0.15, -0.1) is 0 Å². The van der Waals surface area contributed by atoms with E-state index in [1.165, 1.54) is 5.94 Å². The summed E-state index contributed by atoms with van der Waals surface area (Å²) >= 11 is 0. The third-order valence-corrected chi connectivity index (χ3v) is 2.09. The molecule has 4 nitrogen and oxygen atoms in total. The number of carbonyl (C=O) groups excluding carboxylic acids is 1. The van der Waals surface area contributed by atoms with Crippen LogP contribution in [0.25, 0.3) is 0 Å². The fourth-order valence-corrected chi connectivity index (χ4v) is 1.08. The summed E-state index contributed by atoms with van der Waals surface area (Å²) in [5.41, 5.74) is 0. The zero-order valence-corrected chi connectivity index (χ0v) is 7.02. The molecule has 0 unspecified atom stereocenters. The van der Waals surface area contributed by atoms with Gasteiger partial charge in [0.2, 0.25) is 0 Å². The van der Waals surface area contributed by atoms with E-state index in [1.54, 1.807) is 0 Å². The van der Waals surface area contributed by atoms with Crippen LogP contribution in [-0.2, 0) is 14.9 Å². The van der Waals surface area contributed by atoms with Crippen LogP contribution in [0.5, 0.6) is 0 Å². The predicted molar refractivity (Wildman–Crippen MR) is 40.3 cm³/mol. The molecule has 0 aliphatic carbocycles. The first-order chi connectivity index (χ1) is 5.02. The van der Waals surface area contributed by atoms with Gasteiger partial charge < -0.3 is 0 Å². The van der Waals surface area contributed by atoms with E-state index in [1.807, 2.05) is 6.92 Å². The molecule has 0 rings (SSSR count). The minimum Gasteiger partial charge on any atom is -0.281 e. The molecule has 0 saturated heterocycles. The van der Waals surface area contributed by atoms with E-state index >= 15 is 0 Å². The maximum absolute atomic E-state index is 10.3. The average Bonchev–Trinajstić information content (AvgIpc) is 1.87. The van der Waals surface area contributed by atoms with Crippen LogP contribution in [0.3, 0.4) is 0 Å². The number of unbranched alkanes of at least 4 members (excludes halogenated alkanes) is 1. The monoisotopic (exact) mass is 178 g/mol. The summed E-state index contributed by atoms with van der Waals surface area (Å²) in [4.78, 5) is 9.40. The zero-order valence-electron chi connectivity index (χ0n) is 6.20. The SMILES string of the molecule is CCCCC(=C=O)S(=O)(=O)O. The molecular weight excluding hydrogens is 168 g/mol. The molecule has 64 valence electrons. The van der Waals surface area contributed by atoms with Crippen molar-refractivity contribution < 1.29 is 17.8 Å². The van der Waals surface area contributed by atoms with Gasteiger partial charge in [0.15, 0.2) is 4.91 Å². The molecule has 0 amide bonds. The molecule has 0 aromatic rings. The summed E-state index contributed by atoms with van der Waals surface area (Å²) in [5, 5.41) is 0. The molecular formula is C6H10O4S. The molecule has 0 fully saturated rings. The Labute approximate surface area is 65.7 Å². The zero-order chi connectivity index (χ0) is 8.91. The predicted octanol–water partition coefficient (Wildman–Crippen LogP) is 0.780. The molecule has 0 bridgehead atoms. The highest BCUT2D eigenvalue weighted by Crippen LogP contribution is 2.09. The van der Waals surface area contributed by atoms with Gasteiger partial charge in [-0.2, -0.15) is 8.42 Å². The number of hydrogen-bond acceptors (Lipinski definition) is 3. The minimum atomic E-state index is -4.29. The van der Waals surface area contributed by atoms with Gasteiger partial charge in [0.1, 0.15) is 5.94 Å². The van der Waals surface area contributed by atoms with Crippen LogP contribution in [-0.4, -0.2) is 18.9 Å². The highest BCUT2D eigenvalue weighted by Gasteiger charge is 2.13. The first-order valence-corrected chi connectivity index (χ1v) is 4.67.